The Kier molecular flexibility index (Phi) is 2.87. The fraction of sp³-hybridized carbons (Fsp3) is 0.417. The van der Waals surface area contributed by atoms with Crippen molar-refractivity contribution >= 4 is 18.9 Å². The third kappa shape index (κ3) is 2.18. The molecule has 1 aromatic rings. The molecule has 0 aliphatic carbocycles. The standard InChI is InChI=1S/C12H15BO3/c1-9-6-10(7-14)4-5-11(9)13-15-8-12(2,3)16-13/h4-7H,8H2,1-3H3. The molecule has 3 nitrogen and oxygen atoms in total. The van der Waals surface area contributed by atoms with Crippen molar-refractivity contribution in [3.05, 3.63) is 29.3 Å². The Labute approximate surface area is 95.9 Å². The minimum atomic E-state index is -0.310. The van der Waals surface area contributed by atoms with Crippen LogP contribution >= 0.6 is 0 Å². The summed E-state index contributed by atoms with van der Waals surface area (Å²) in [7, 11) is -0.310. The molecule has 0 unspecified atom stereocenters. The number of carbonyl (C=O) groups excluding carboxylic acids is 1. The average Bonchev–Trinajstić information content (AvgIpc) is 2.58. The van der Waals surface area contributed by atoms with Gasteiger partial charge in [0.05, 0.1) is 12.2 Å². The van der Waals surface area contributed by atoms with Crippen molar-refractivity contribution in [2.24, 2.45) is 0 Å². The number of aldehydes is 1. The topological polar surface area (TPSA) is 35.5 Å². The predicted octanol–water partition coefficient (Wildman–Crippen LogP) is 1.33. The number of aryl methyl sites for hydroxylation is 1. The zero-order chi connectivity index (χ0) is 11.8. The van der Waals surface area contributed by atoms with Crippen molar-refractivity contribution in [3.8, 4) is 0 Å². The lowest BCUT2D eigenvalue weighted by molar-refractivity contribution is 0.112. The molecule has 4 heteroatoms. The summed E-state index contributed by atoms with van der Waals surface area (Å²) in [6.07, 6.45) is 0.844. The summed E-state index contributed by atoms with van der Waals surface area (Å²) in [4.78, 5) is 10.6. The van der Waals surface area contributed by atoms with Crippen LogP contribution in [0.2, 0.25) is 0 Å². The molecule has 1 aliphatic heterocycles. The van der Waals surface area contributed by atoms with Crippen LogP contribution < -0.4 is 5.46 Å². The Morgan fingerprint density at radius 2 is 2.19 bits per heavy atom. The van der Waals surface area contributed by atoms with Crippen LogP contribution in [0, 0.1) is 6.92 Å². The molecular formula is C12H15BO3. The van der Waals surface area contributed by atoms with Crippen LogP contribution in [-0.4, -0.2) is 25.6 Å². The molecule has 0 saturated carbocycles. The van der Waals surface area contributed by atoms with E-state index in [1.54, 1.807) is 6.07 Å². The summed E-state index contributed by atoms with van der Waals surface area (Å²) in [5.74, 6) is 0. The van der Waals surface area contributed by atoms with Gasteiger partial charge in [-0.05, 0) is 32.3 Å². The Morgan fingerprint density at radius 3 is 2.69 bits per heavy atom. The van der Waals surface area contributed by atoms with Gasteiger partial charge in [0.2, 0.25) is 0 Å². The molecule has 0 bridgehead atoms. The monoisotopic (exact) mass is 218 g/mol. The van der Waals surface area contributed by atoms with E-state index in [9.17, 15) is 4.79 Å². The number of hydrogen-bond donors (Lipinski definition) is 0. The average molecular weight is 218 g/mol. The highest BCUT2D eigenvalue weighted by Crippen LogP contribution is 2.20. The Morgan fingerprint density at radius 1 is 1.44 bits per heavy atom. The smallest absolute Gasteiger partial charge is 0.404 e. The van der Waals surface area contributed by atoms with Crippen LogP contribution in [0.4, 0.5) is 0 Å². The molecule has 1 heterocycles. The van der Waals surface area contributed by atoms with Gasteiger partial charge in [0.1, 0.15) is 6.29 Å². The third-order valence-electron chi connectivity index (χ3n) is 2.69. The zero-order valence-corrected chi connectivity index (χ0v) is 9.82. The van der Waals surface area contributed by atoms with E-state index in [0.29, 0.717) is 12.2 Å². The van der Waals surface area contributed by atoms with Crippen LogP contribution in [0.5, 0.6) is 0 Å². The molecule has 0 atom stereocenters. The second kappa shape index (κ2) is 4.03. The quantitative estimate of drug-likeness (QED) is 0.554. The lowest BCUT2D eigenvalue weighted by Gasteiger charge is -2.16. The molecule has 0 N–H and O–H groups in total. The van der Waals surface area contributed by atoms with Gasteiger partial charge in [0.25, 0.3) is 0 Å². The summed E-state index contributed by atoms with van der Waals surface area (Å²) in [6, 6.07) is 5.53. The summed E-state index contributed by atoms with van der Waals surface area (Å²) in [5.41, 5.74) is 2.46. The molecule has 0 amide bonds. The van der Waals surface area contributed by atoms with Gasteiger partial charge in [-0.2, -0.15) is 0 Å². The SMILES string of the molecule is Cc1cc(C=O)ccc1B1OCC(C)(C)O1. The van der Waals surface area contributed by atoms with Gasteiger partial charge in [-0.15, -0.1) is 0 Å². The fourth-order valence-electron chi connectivity index (χ4n) is 1.82. The highest BCUT2D eigenvalue weighted by Gasteiger charge is 2.38. The number of benzene rings is 1. The van der Waals surface area contributed by atoms with E-state index in [-0.39, 0.29) is 12.7 Å². The van der Waals surface area contributed by atoms with Crippen molar-refractivity contribution in [3.63, 3.8) is 0 Å². The third-order valence-corrected chi connectivity index (χ3v) is 2.69. The molecule has 0 spiro atoms. The first kappa shape index (κ1) is 11.4. The maximum absolute atomic E-state index is 10.6. The molecule has 2 rings (SSSR count). The van der Waals surface area contributed by atoms with Crippen LogP contribution in [-0.2, 0) is 9.31 Å². The van der Waals surface area contributed by atoms with E-state index in [4.69, 9.17) is 9.31 Å². The number of rotatable bonds is 2. The molecule has 16 heavy (non-hydrogen) atoms. The van der Waals surface area contributed by atoms with Gasteiger partial charge in [-0.3, -0.25) is 4.79 Å². The van der Waals surface area contributed by atoms with Crippen LogP contribution in [0.1, 0.15) is 29.8 Å². The molecular weight excluding hydrogens is 203 g/mol. The van der Waals surface area contributed by atoms with Crippen LogP contribution in [0.3, 0.4) is 0 Å². The summed E-state index contributed by atoms with van der Waals surface area (Å²) in [6.45, 7) is 6.55. The predicted molar refractivity (Wildman–Crippen MR) is 63.1 cm³/mol. The first-order chi connectivity index (χ1) is 7.52. The van der Waals surface area contributed by atoms with Crippen molar-refractivity contribution in [1.29, 1.82) is 0 Å². The summed E-state index contributed by atoms with van der Waals surface area (Å²) >= 11 is 0. The first-order valence-corrected chi connectivity index (χ1v) is 5.37. The maximum Gasteiger partial charge on any atom is 0.494 e. The summed E-state index contributed by atoms with van der Waals surface area (Å²) < 4.78 is 11.4. The van der Waals surface area contributed by atoms with Crippen molar-refractivity contribution in [2.45, 2.75) is 26.4 Å². The molecule has 0 aromatic heterocycles. The summed E-state index contributed by atoms with van der Waals surface area (Å²) in [5, 5.41) is 0. The normalized spacial score (nSPS) is 18.8. The minimum Gasteiger partial charge on any atom is -0.404 e. The highest BCUT2D eigenvalue weighted by molar-refractivity contribution is 6.62. The fourth-order valence-corrected chi connectivity index (χ4v) is 1.82. The van der Waals surface area contributed by atoms with Crippen molar-refractivity contribution in [2.75, 3.05) is 6.61 Å². The van der Waals surface area contributed by atoms with E-state index in [0.717, 1.165) is 17.3 Å². The van der Waals surface area contributed by atoms with Gasteiger partial charge < -0.3 is 9.31 Å². The van der Waals surface area contributed by atoms with E-state index in [1.165, 1.54) is 0 Å². The first-order valence-electron chi connectivity index (χ1n) is 5.37. The maximum atomic E-state index is 10.6. The van der Waals surface area contributed by atoms with Gasteiger partial charge in [0, 0.05) is 5.56 Å². The van der Waals surface area contributed by atoms with Crippen LogP contribution in [0.25, 0.3) is 0 Å². The second-order valence-corrected chi connectivity index (χ2v) is 4.75. The molecule has 84 valence electrons. The van der Waals surface area contributed by atoms with E-state index in [2.05, 4.69) is 0 Å². The lowest BCUT2D eigenvalue weighted by Crippen LogP contribution is -2.36. The Hall–Kier alpha value is -1.13. The van der Waals surface area contributed by atoms with Crippen LogP contribution in [0.15, 0.2) is 18.2 Å². The molecule has 1 aromatic carbocycles. The second-order valence-electron chi connectivity index (χ2n) is 4.75. The van der Waals surface area contributed by atoms with Crippen molar-refractivity contribution < 1.29 is 14.1 Å². The van der Waals surface area contributed by atoms with Crippen molar-refractivity contribution in [1.82, 2.24) is 0 Å². The Bertz CT molecular complexity index is 415. The van der Waals surface area contributed by atoms with Gasteiger partial charge in [-0.1, -0.05) is 17.7 Å². The van der Waals surface area contributed by atoms with Gasteiger partial charge in [0.15, 0.2) is 0 Å². The molecule has 1 aliphatic rings. The van der Waals surface area contributed by atoms with E-state index < -0.39 is 0 Å². The lowest BCUT2D eigenvalue weighted by atomic mass is 9.76. The van der Waals surface area contributed by atoms with E-state index >= 15 is 0 Å². The Balaban J connectivity index is 2.25. The minimum absolute atomic E-state index is 0.236. The largest absolute Gasteiger partial charge is 0.494 e. The highest BCUT2D eigenvalue weighted by atomic mass is 16.7. The molecule has 1 saturated heterocycles. The zero-order valence-electron chi connectivity index (χ0n) is 9.82. The number of hydrogen-bond acceptors (Lipinski definition) is 3. The molecule has 1 fully saturated rings. The van der Waals surface area contributed by atoms with Gasteiger partial charge >= 0.3 is 7.12 Å². The number of carbonyl (C=O) groups is 1. The molecule has 0 radical (unpaired) electrons. The van der Waals surface area contributed by atoms with Gasteiger partial charge in [-0.25, -0.2) is 0 Å². The van der Waals surface area contributed by atoms with E-state index in [1.807, 2.05) is 32.9 Å².